The number of aromatic nitrogens is 3. The maximum absolute atomic E-state index is 13.5. The Labute approximate surface area is 196 Å². The molecule has 2 aromatic heterocycles. The molecule has 1 aliphatic heterocycles. The number of hydrogen-bond acceptors (Lipinski definition) is 5. The Bertz CT molecular complexity index is 1270. The summed E-state index contributed by atoms with van der Waals surface area (Å²) in [6, 6.07) is 18.8. The molecule has 5 rings (SSSR count). The Balaban J connectivity index is 1.37. The summed E-state index contributed by atoms with van der Waals surface area (Å²) in [6.07, 6.45) is 4.87. The van der Waals surface area contributed by atoms with E-state index in [1.807, 2.05) is 78.5 Å². The van der Waals surface area contributed by atoms with Crippen LogP contribution in [0.1, 0.15) is 19.8 Å². The lowest BCUT2D eigenvalue weighted by atomic mass is 10.2. The molecular weight excluding hydrogens is 436 g/mol. The normalized spacial score (nSPS) is 20.2. The Hall–Kier alpha value is -3.36. The summed E-state index contributed by atoms with van der Waals surface area (Å²) in [5.74, 6) is 0.417. The van der Waals surface area contributed by atoms with E-state index in [-0.39, 0.29) is 22.2 Å². The fourth-order valence-electron chi connectivity index (χ4n) is 4.49. The molecule has 0 aliphatic carbocycles. The molecule has 7 nitrogen and oxygen atoms in total. The first-order valence-electron chi connectivity index (χ1n) is 11.0. The SMILES string of the molecule is C[C@@H]1CCC[N+]1(C(=O)CSc1nc2ccccc2[nH]1)C(=O)Oc1ccccc1-n1cccc1. The smallest absolute Gasteiger partial charge is 0.378 e. The van der Waals surface area contributed by atoms with Gasteiger partial charge in [0, 0.05) is 25.2 Å². The zero-order chi connectivity index (χ0) is 22.8. The number of thioether (sulfide) groups is 1. The molecule has 1 fully saturated rings. The van der Waals surface area contributed by atoms with Crippen LogP contribution in [0, 0.1) is 0 Å². The standard InChI is InChI=1S/C25H25N4O3S/c1-18-9-8-16-29(18,23(30)17-33-24-26-19-10-2-3-11-20(19)27-24)25(31)32-22-13-5-4-12-21(22)28-14-6-7-15-28/h2-7,10-15,18H,8-9,16-17H2,1H3,(H,26,27)/q+1/t18-,29?/m1/s1. The van der Waals surface area contributed by atoms with E-state index in [2.05, 4.69) is 9.97 Å². The van der Waals surface area contributed by atoms with E-state index in [4.69, 9.17) is 4.74 Å². The van der Waals surface area contributed by atoms with E-state index in [0.717, 1.165) is 29.6 Å². The van der Waals surface area contributed by atoms with E-state index >= 15 is 0 Å². The maximum atomic E-state index is 13.5. The summed E-state index contributed by atoms with van der Waals surface area (Å²) in [5.41, 5.74) is 2.53. The van der Waals surface area contributed by atoms with Gasteiger partial charge in [-0.05, 0) is 43.3 Å². The number of quaternary nitrogens is 1. The van der Waals surface area contributed by atoms with Gasteiger partial charge in [-0.2, -0.15) is 9.28 Å². The number of imidazole rings is 1. The highest BCUT2D eigenvalue weighted by atomic mass is 32.2. The highest BCUT2D eigenvalue weighted by molar-refractivity contribution is 7.99. The van der Waals surface area contributed by atoms with Gasteiger partial charge in [0.15, 0.2) is 10.9 Å². The molecule has 0 spiro atoms. The van der Waals surface area contributed by atoms with Gasteiger partial charge in [0.25, 0.3) is 0 Å². The molecule has 2 aromatic carbocycles. The third-order valence-electron chi connectivity index (χ3n) is 6.30. The third kappa shape index (κ3) is 3.96. The van der Waals surface area contributed by atoms with Crippen molar-refractivity contribution in [2.45, 2.75) is 31.0 Å². The summed E-state index contributed by atoms with van der Waals surface area (Å²) in [7, 11) is 0. The van der Waals surface area contributed by atoms with E-state index in [1.165, 1.54) is 11.8 Å². The molecule has 1 unspecified atom stereocenters. The van der Waals surface area contributed by atoms with Gasteiger partial charge in [-0.15, -0.1) is 0 Å². The van der Waals surface area contributed by atoms with Crippen LogP contribution in [-0.2, 0) is 4.79 Å². The van der Waals surface area contributed by atoms with Crippen LogP contribution in [0.3, 0.4) is 0 Å². The van der Waals surface area contributed by atoms with E-state index in [1.54, 1.807) is 6.07 Å². The highest BCUT2D eigenvalue weighted by Crippen LogP contribution is 2.33. The Morgan fingerprint density at radius 1 is 1.12 bits per heavy atom. The number of rotatable bonds is 5. The van der Waals surface area contributed by atoms with Crippen LogP contribution < -0.4 is 4.74 Å². The number of carbonyl (C=O) groups excluding carboxylic acids is 2. The highest BCUT2D eigenvalue weighted by Gasteiger charge is 2.54. The van der Waals surface area contributed by atoms with Crippen molar-refractivity contribution < 1.29 is 18.8 Å². The monoisotopic (exact) mass is 461 g/mol. The van der Waals surface area contributed by atoms with Gasteiger partial charge in [0.2, 0.25) is 0 Å². The molecule has 168 valence electrons. The summed E-state index contributed by atoms with van der Waals surface area (Å²) in [6.45, 7) is 2.40. The number of nitrogens with zero attached hydrogens (tertiary/aromatic N) is 3. The molecule has 1 saturated heterocycles. The second-order valence-corrected chi connectivity index (χ2v) is 9.22. The minimum atomic E-state index is -0.519. The van der Waals surface area contributed by atoms with E-state index in [9.17, 15) is 9.59 Å². The molecule has 0 bridgehead atoms. The van der Waals surface area contributed by atoms with Crippen molar-refractivity contribution in [2.24, 2.45) is 0 Å². The van der Waals surface area contributed by atoms with Gasteiger partial charge in [-0.25, -0.2) is 9.78 Å². The molecule has 0 radical (unpaired) electrons. The third-order valence-corrected chi connectivity index (χ3v) is 7.16. The summed E-state index contributed by atoms with van der Waals surface area (Å²) >= 11 is 1.32. The quantitative estimate of drug-likeness (QED) is 0.328. The van der Waals surface area contributed by atoms with Gasteiger partial charge in [-0.3, -0.25) is 0 Å². The number of amides is 2. The molecule has 1 aliphatic rings. The van der Waals surface area contributed by atoms with Crippen LogP contribution in [0.2, 0.25) is 0 Å². The van der Waals surface area contributed by atoms with Crippen molar-refractivity contribution in [3.05, 3.63) is 73.1 Å². The number of likely N-dealkylation sites (tertiary alicyclic amines) is 1. The van der Waals surface area contributed by atoms with Gasteiger partial charge in [0.1, 0.15) is 11.8 Å². The fourth-order valence-corrected chi connectivity index (χ4v) is 5.33. The van der Waals surface area contributed by atoms with Crippen LogP contribution in [0.5, 0.6) is 5.75 Å². The van der Waals surface area contributed by atoms with Gasteiger partial charge in [-0.1, -0.05) is 36.0 Å². The lowest BCUT2D eigenvalue weighted by molar-refractivity contribution is -0.789. The first kappa shape index (κ1) is 21.5. The molecule has 1 N–H and O–H groups in total. The van der Waals surface area contributed by atoms with E-state index < -0.39 is 6.09 Å². The minimum absolute atomic E-state index is 0.137. The number of hydrogen-bond donors (Lipinski definition) is 1. The lowest BCUT2D eigenvalue weighted by Crippen LogP contribution is -2.61. The number of para-hydroxylation sites is 4. The topological polar surface area (TPSA) is 77.0 Å². The average molecular weight is 462 g/mol. The number of carbonyl (C=O) groups is 2. The number of benzene rings is 2. The molecule has 33 heavy (non-hydrogen) atoms. The van der Waals surface area contributed by atoms with Gasteiger partial charge < -0.3 is 14.3 Å². The Morgan fingerprint density at radius 2 is 1.88 bits per heavy atom. The first-order chi connectivity index (χ1) is 16.1. The van der Waals surface area contributed by atoms with Crippen LogP contribution in [0.15, 0.2) is 78.2 Å². The Kier molecular flexibility index (Phi) is 5.78. The fraction of sp³-hybridized carbons (Fsp3) is 0.240. The van der Waals surface area contributed by atoms with Crippen molar-refractivity contribution in [1.82, 2.24) is 14.5 Å². The van der Waals surface area contributed by atoms with Crippen LogP contribution in [0.4, 0.5) is 4.79 Å². The summed E-state index contributed by atoms with van der Waals surface area (Å²) in [5, 5.41) is 0.667. The van der Waals surface area contributed by atoms with Crippen LogP contribution >= 0.6 is 11.8 Å². The number of ether oxygens (including phenoxy) is 1. The number of aromatic amines is 1. The molecule has 8 heteroatoms. The van der Waals surface area contributed by atoms with Crippen molar-refractivity contribution in [2.75, 3.05) is 12.3 Å². The summed E-state index contributed by atoms with van der Waals surface area (Å²) in [4.78, 5) is 34.8. The van der Waals surface area contributed by atoms with Crippen molar-refractivity contribution in [3.8, 4) is 11.4 Å². The zero-order valence-electron chi connectivity index (χ0n) is 18.3. The molecule has 2 amide bonds. The second kappa shape index (κ2) is 8.88. The molecule has 4 aromatic rings. The van der Waals surface area contributed by atoms with Gasteiger partial charge >= 0.3 is 12.0 Å². The number of nitrogens with one attached hydrogen (secondary N) is 1. The van der Waals surface area contributed by atoms with Gasteiger partial charge in [0.05, 0.1) is 23.3 Å². The Morgan fingerprint density at radius 3 is 2.64 bits per heavy atom. The molecule has 3 heterocycles. The van der Waals surface area contributed by atoms with Crippen molar-refractivity contribution in [3.63, 3.8) is 0 Å². The van der Waals surface area contributed by atoms with E-state index in [0.29, 0.717) is 17.5 Å². The number of imide groups is 1. The number of H-pyrrole nitrogens is 1. The van der Waals surface area contributed by atoms with Crippen molar-refractivity contribution in [1.29, 1.82) is 0 Å². The molecular formula is C25H25N4O3S+. The minimum Gasteiger partial charge on any atom is -0.378 e. The van der Waals surface area contributed by atoms with Crippen LogP contribution in [0.25, 0.3) is 16.7 Å². The number of fused-ring (bicyclic) bond motifs is 1. The predicted molar refractivity (Wildman–Crippen MR) is 127 cm³/mol. The predicted octanol–water partition coefficient (Wildman–Crippen LogP) is 5.17. The second-order valence-electron chi connectivity index (χ2n) is 8.25. The largest absolute Gasteiger partial charge is 0.529 e. The summed E-state index contributed by atoms with van der Waals surface area (Å²) < 4.78 is 7.50. The molecule has 2 atom stereocenters. The average Bonchev–Trinajstić information content (AvgIpc) is 3.57. The maximum Gasteiger partial charge on any atom is 0.529 e. The van der Waals surface area contributed by atoms with Crippen LogP contribution in [-0.4, -0.2) is 49.4 Å². The van der Waals surface area contributed by atoms with Crippen molar-refractivity contribution >= 4 is 34.8 Å². The first-order valence-corrected chi connectivity index (χ1v) is 12.0. The lowest BCUT2D eigenvalue weighted by Gasteiger charge is -2.31. The zero-order valence-corrected chi connectivity index (χ0v) is 19.1. The molecule has 0 saturated carbocycles.